The van der Waals surface area contributed by atoms with E-state index in [2.05, 4.69) is 19.1 Å². The van der Waals surface area contributed by atoms with Crippen LogP contribution in [0.4, 0.5) is 0 Å². The van der Waals surface area contributed by atoms with Gasteiger partial charge in [-0.1, -0.05) is 17.7 Å². The predicted molar refractivity (Wildman–Crippen MR) is 53.8 cm³/mol. The molecule has 0 amide bonds. The summed E-state index contributed by atoms with van der Waals surface area (Å²) in [5, 5.41) is 0. The van der Waals surface area contributed by atoms with Crippen molar-refractivity contribution in [1.29, 1.82) is 0 Å². The van der Waals surface area contributed by atoms with Crippen LogP contribution in [0.25, 0.3) is 0 Å². The quantitative estimate of drug-likeness (QED) is 0.607. The van der Waals surface area contributed by atoms with E-state index in [1.165, 1.54) is 11.1 Å². The summed E-state index contributed by atoms with van der Waals surface area (Å²) in [6, 6.07) is 0. The van der Waals surface area contributed by atoms with Crippen molar-refractivity contribution < 1.29 is 9.47 Å². The third kappa shape index (κ3) is 4.25. The number of hydrogen-bond acceptors (Lipinski definition) is 2. The maximum atomic E-state index is 5.05. The van der Waals surface area contributed by atoms with Crippen molar-refractivity contribution >= 4 is 0 Å². The minimum Gasteiger partial charge on any atom is -0.381 e. The third-order valence-corrected chi connectivity index (χ3v) is 2.15. The molecule has 0 bridgehead atoms. The molecular weight excluding hydrogens is 164 g/mol. The highest BCUT2D eigenvalue weighted by molar-refractivity contribution is 5.10. The summed E-state index contributed by atoms with van der Waals surface area (Å²) >= 11 is 0. The molecule has 1 fully saturated rings. The molecule has 1 aliphatic rings. The lowest BCUT2D eigenvalue weighted by Crippen LogP contribution is -2.15. The van der Waals surface area contributed by atoms with E-state index < -0.39 is 0 Å². The Morgan fingerprint density at radius 2 is 2.31 bits per heavy atom. The van der Waals surface area contributed by atoms with Gasteiger partial charge in [0.05, 0.1) is 19.8 Å². The summed E-state index contributed by atoms with van der Waals surface area (Å²) in [6.45, 7) is 4.57. The lowest BCUT2D eigenvalue weighted by atomic mass is 10.1. The van der Waals surface area contributed by atoms with Gasteiger partial charge >= 0.3 is 0 Å². The van der Waals surface area contributed by atoms with Gasteiger partial charge in [-0.25, -0.2) is 0 Å². The molecule has 0 aliphatic carbocycles. The van der Waals surface area contributed by atoms with E-state index in [0.717, 1.165) is 32.7 Å². The Labute approximate surface area is 80.2 Å². The van der Waals surface area contributed by atoms with Crippen molar-refractivity contribution in [1.82, 2.24) is 0 Å². The van der Waals surface area contributed by atoms with Gasteiger partial charge in [-0.2, -0.15) is 0 Å². The molecule has 0 aromatic rings. The molecule has 0 saturated carbocycles. The van der Waals surface area contributed by atoms with Gasteiger partial charge in [0.25, 0.3) is 0 Å². The number of ether oxygens (including phenoxy) is 2. The van der Waals surface area contributed by atoms with Crippen LogP contribution in [-0.4, -0.2) is 26.9 Å². The van der Waals surface area contributed by atoms with Gasteiger partial charge in [-0.15, -0.1) is 0 Å². The Bertz CT molecular complexity index is 198. The molecule has 0 aromatic carbocycles. The molecule has 1 aliphatic heterocycles. The molecular formula is C11H18O2. The van der Waals surface area contributed by atoms with E-state index in [4.69, 9.17) is 9.47 Å². The van der Waals surface area contributed by atoms with Gasteiger partial charge in [0.2, 0.25) is 0 Å². The van der Waals surface area contributed by atoms with Crippen LogP contribution in [0.15, 0.2) is 23.3 Å². The first-order valence-electron chi connectivity index (χ1n) is 4.73. The SMILES string of the molecule is COC/C=C(\C)CCC=C1COC1. The number of hydrogen-bond donors (Lipinski definition) is 0. The molecule has 0 radical (unpaired) electrons. The summed E-state index contributed by atoms with van der Waals surface area (Å²) in [5.74, 6) is 0. The van der Waals surface area contributed by atoms with Crippen LogP contribution in [0.2, 0.25) is 0 Å². The highest BCUT2D eigenvalue weighted by atomic mass is 16.5. The second kappa shape index (κ2) is 5.95. The zero-order valence-corrected chi connectivity index (χ0v) is 8.51. The Morgan fingerprint density at radius 1 is 1.54 bits per heavy atom. The van der Waals surface area contributed by atoms with Crippen LogP contribution in [0.3, 0.4) is 0 Å². The van der Waals surface area contributed by atoms with Crippen LogP contribution in [-0.2, 0) is 9.47 Å². The van der Waals surface area contributed by atoms with Crippen molar-refractivity contribution in [3.63, 3.8) is 0 Å². The van der Waals surface area contributed by atoms with Crippen molar-refractivity contribution in [2.75, 3.05) is 26.9 Å². The zero-order valence-electron chi connectivity index (χ0n) is 8.51. The van der Waals surface area contributed by atoms with Gasteiger partial charge in [0.1, 0.15) is 0 Å². The van der Waals surface area contributed by atoms with E-state index in [0.29, 0.717) is 0 Å². The van der Waals surface area contributed by atoms with Gasteiger partial charge in [-0.05, 0) is 25.3 Å². The first-order valence-corrected chi connectivity index (χ1v) is 4.73. The van der Waals surface area contributed by atoms with E-state index in [9.17, 15) is 0 Å². The molecule has 13 heavy (non-hydrogen) atoms. The molecule has 74 valence electrons. The average Bonchev–Trinajstić information content (AvgIpc) is 2.06. The number of methoxy groups -OCH3 is 1. The molecule has 0 atom stereocenters. The Kier molecular flexibility index (Phi) is 4.79. The fourth-order valence-corrected chi connectivity index (χ4v) is 1.17. The first kappa shape index (κ1) is 10.5. The van der Waals surface area contributed by atoms with Gasteiger partial charge < -0.3 is 9.47 Å². The molecule has 1 saturated heterocycles. The predicted octanol–water partition coefficient (Wildman–Crippen LogP) is 2.32. The van der Waals surface area contributed by atoms with E-state index in [-0.39, 0.29) is 0 Å². The maximum Gasteiger partial charge on any atom is 0.0703 e. The number of allylic oxidation sites excluding steroid dienone is 2. The molecule has 0 spiro atoms. The summed E-state index contributed by atoms with van der Waals surface area (Å²) in [4.78, 5) is 0. The normalized spacial score (nSPS) is 17.1. The zero-order chi connectivity index (χ0) is 9.52. The summed E-state index contributed by atoms with van der Waals surface area (Å²) in [5.41, 5.74) is 2.85. The van der Waals surface area contributed by atoms with E-state index in [1.807, 2.05) is 0 Å². The van der Waals surface area contributed by atoms with Crippen LogP contribution in [0, 0.1) is 0 Å². The van der Waals surface area contributed by atoms with Gasteiger partial charge in [0.15, 0.2) is 0 Å². The minimum absolute atomic E-state index is 0.728. The van der Waals surface area contributed by atoms with E-state index >= 15 is 0 Å². The van der Waals surface area contributed by atoms with Crippen molar-refractivity contribution in [2.45, 2.75) is 19.8 Å². The molecule has 0 N–H and O–H groups in total. The monoisotopic (exact) mass is 182 g/mol. The summed E-state index contributed by atoms with van der Waals surface area (Å²) in [7, 11) is 1.72. The van der Waals surface area contributed by atoms with Crippen molar-refractivity contribution in [3.05, 3.63) is 23.3 Å². The van der Waals surface area contributed by atoms with Crippen LogP contribution in [0.5, 0.6) is 0 Å². The lowest BCUT2D eigenvalue weighted by Gasteiger charge is -2.17. The second-order valence-corrected chi connectivity index (χ2v) is 3.40. The summed E-state index contributed by atoms with van der Waals surface area (Å²) in [6.07, 6.45) is 6.68. The van der Waals surface area contributed by atoms with Gasteiger partial charge in [0, 0.05) is 7.11 Å². The molecule has 2 heteroatoms. The van der Waals surface area contributed by atoms with Gasteiger partial charge in [-0.3, -0.25) is 0 Å². The number of rotatable bonds is 5. The molecule has 0 unspecified atom stereocenters. The van der Waals surface area contributed by atoms with E-state index in [1.54, 1.807) is 7.11 Å². The smallest absolute Gasteiger partial charge is 0.0703 e. The third-order valence-electron chi connectivity index (χ3n) is 2.15. The highest BCUT2D eigenvalue weighted by Gasteiger charge is 2.06. The molecule has 1 heterocycles. The minimum atomic E-state index is 0.728. The van der Waals surface area contributed by atoms with Crippen LogP contribution in [0.1, 0.15) is 19.8 Å². The molecule has 2 nitrogen and oxygen atoms in total. The van der Waals surface area contributed by atoms with Crippen LogP contribution >= 0.6 is 0 Å². The van der Waals surface area contributed by atoms with Crippen molar-refractivity contribution in [2.24, 2.45) is 0 Å². The standard InChI is InChI=1S/C11H18O2/c1-10(6-7-12-2)4-3-5-11-8-13-9-11/h5-6H,3-4,7-9H2,1-2H3/b10-6+. The Hall–Kier alpha value is -0.600. The van der Waals surface area contributed by atoms with Crippen LogP contribution < -0.4 is 0 Å². The second-order valence-electron chi connectivity index (χ2n) is 3.40. The topological polar surface area (TPSA) is 18.5 Å². The Morgan fingerprint density at radius 3 is 2.85 bits per heavy atom. The van der Waals surface area contributed by atoms with Crippen molar-refractivity contribution in [3.8, 4) is 0 Å². The highest BCUT2D eigenvalue weighted by Crippen LogP contribution is 2.12. The molecule has 1 rings (SSSR count). The Balaban J connectivity index is 2.10. The first-order chi connectivity index (χ1) is 6.33. The maximum absolute atomic E-state index is 5.05. The fraction of sp³-hybridized carbons (Fsp3) is 0.636. The summed E-state index contributed by atoms with van der Waals surface area (Å²) < 4.78 is 10.0. The average molecular weight is 182 g/mol. The fourth-order valence-electron chi connectivity index (χ4n) is 1.17. The molecule has 0 aromatic heterocycles. The lowest BCUT2D eigenvalue weighted by molar-refractivity contribution is 0.102. The largest absolute Gasteiger partial charge is 0.381 e.